The van der Waals surface area contributed by atoms with Crippen LogP contribution in [0.5, 0.6) is 0 Å². The minimum Gasteiger partial charge on any atom is -0.282 e. The summed E-state index contributed by atoms with van der Waals surface area (Å²) < 4.78 is 0. The van der Waals surface area contributed by atoms with Gasteiger partial charge in [0.1, 0.15) is 6.20 Å². The van der Waals surface area contributed by atoms with Gasteiger partial charge in [0.25, 0.3) is 0 Å². The van der Waals surface area contributed by atoms with Crippen molar-refractivity contribution >= 4 is 0 Å². The zero-order chi connectivity index (χ0) is 6.97. The highest BCUT2D eigenvalue weighted by atomic mass is 15.1. The zero-order valence-corrected chi connectivity index (χ0v) is 6.09. The summed E-state index contributed by atoms with van der Waals surface area (Å²) in [6.45, 7) is 2.25. The summed E-state index contributed by atoms with van der Waals surface area (Å²) in [7, 11) is 0. The Balaban J connectivity index is 2.11. The summed E-state index contributed by atoms with van der Waals surface area (Å²) in [5, 5.41) is 6.76. The second-order valence-corrected chi connectivity index (χ2v) is 3.08. The summed E-state index contributed by atoms with van der Waals surface area (Å²) in [6, 6.07) is 1.95. The third-order valence-corrected chi connectivity index (χ3v) is 2.29. The number of hydrogen-bond donors (Lipinski definition) is 1. The molecule has 0 amide bonds. The molecule has 1 aliphatic carbocycles. The van der Waals surface area contributed by atoms with E-state index in [4.69, 9.17) is 0 Å². The van der Waals surface area contributed by atoms with E-state index in [1.54, 1.807) is 0 Å². The fraction of sp³-hybridized carbons (Fsp3) is 0.625. The highest BCUT2D eigenvalue weighted by Gasteiger charge is 2.29. The van der Waals surface area contributed by atoms with Gasteiger partial charge in [0.05, 0.1) is 0 Å². The van der Waals surface area contributed by atoms with Crippen molar-refractivity contribution in [1.29, 1.82) is 0 Å². The molecule has 1 aliphatic rings. The second kappa shape index (κ2) is 2.11. The van der Waals surface area contributed by atoms with E-state index in [9.17, 15) is 0 Å². The van der Waals surface area contributed by atoms with Crippen molar-refractivity contribution in [2.45, 2.75) is 25.7 Å². The van der Waals surface area contributed by atoms with Crippen molar-refractivity contribution in [3.8, 4) is 0 Å². The van der Waals surface area contributed by atoms with Gasteiger partial charge in [-0.05, 0) is 24.8 Å². The average molecular weight is 135 g/mol. The molecule has 1 radical (unpaired) electrons. The topological polar surface area (TPSA) is 28.7 Å². The highest BCUT2D eigenvalue weighted by molar-refractivity contribution is 5.07. The number of hydrogen-bond acceptors (Lipinski definition) is 1. The van der Waals surface area contributed by atoms with Crippen LogP contribution in [0.2, 0.25) is 0 Å². The molecule has 1 aromatic rings. The normalized spacial score (nSPS) is 20.9. The summed E-state index contributed by atoms with van der Waals surface area (Å²) in [5.41, 5.74) is 1.24. The van der Waals surface area contributed by atoms with Crippen LogP contribution in [0.4, 0.5) is 0 Å². The van der Waals surface area contributed by atoms with Gasteiger partial charge < -0.3 is 0 Å². The minimum absolute atomic E-state index is 0.666. The smallest absolute Gasteiger partial charge is 0.113 e. The number of nitrogens with zero attached hydrogens (tertiary/aromatic N) is 1. The van der Waals surface area contributed by atoms with Crippen LogP contribution in [0.25, 0.3) is 0 Å². The Labute approximate surface area is 60.6 Å². The second-order valence-electron chi connectivity index (χ2n) is 3.08. The number of rotatable bonds is 2. The van der Waals surface area contributed by atoms with Gasteiger partial charge in [-0.1, -0.05) is 6.92 Å². The Morgan fingerprint density at radius 2 is 2.60 bits per heavy atom. The molecule has 53 valence electrons. The van der Waals surface area contributed by atoms with Crippen LogP contribution in [-0.4, -0.2) is 10.2 Å². The van der Waals surface area contributed by atoms with Crippen LogP contribution in [0, 0.1) is 12.1 Å². The first kappa shape index (κ1) is 5.96. The van der Waals surface area contributed by atoms with Crippen molar-refractivity contribution in [2.24, 2.45) is 5.92 Å². The molecule has 1 aromatic heterocycles. The lowest BCUT2D eigenvalue weighted by atomic mass is 10.0. The lowest BCUT2D eigenvalue weighted by Gasteiger charge is -2.04. The van der Waals surface area contributed by atoms with Crippen LogP contribution >= 0.6 is 0 Å². The van der Waals surface area contributed by atoms with Crippen LogP contribution in [0.3, 0.4) is 0 Å². The van der Waals surface area contributed by atoms with Crippen molar-refractivity contribution in [3.05, 3.63) is 18.0 Å². The van der Waals surface area contributed by atoms with E-state index in [0.29, 0.717) is 5.92 Å². The Bertz CT molecular complexity index is 199. The van der Waals surface area contributed by atoms with Crippen LogP contribution in [0.15, 0.2) is 6.07 Å². The minimum atomic E-state index is 0.666. The lowest BCUT2D eigenvalue weighted by molar-refractivity contribution is 0.641. The van der Waals surface area contributed by atoms with Gasteiger partial charge in [-0.25, -0.2) is 0 Å². The number of aromatic nitrogens is 2. The SMILES string of the molecule is CC(c1c[c]n[nH]1)C1CC1. The highest BCUT2D eigenvalue weighted by Crippen LogP contribution is 2.41. The molecule has 1 unspecified atom stereocenters. The molecular formula is C8H11N2. The zero-order valence-electron chi connectivity index (χ0n) is 6.09. The van der Waals surface area contributed by atoms with Gasteiger partial charge in [-0.3, -0.25) is 5.10 Å². The van der Waals surface area contributed by atoms with Crippen molar-refractivity contribution in [3.63, 3.8) is 0 Å². The monoisotopic (exact) mass is 135 g/mol. The van der Waals surface area contributed by atoms with Crippen LogP contribution < -0.4 is 0 Å². The standard InChI is InChI=1S/C8H11N2/c1-6(7-2-3-7)8-4-5-9-10-8/h4,6-7H,2-3H2,1H3,(H,9,10). The van der Waals surface area contributed by atoms with E-state index >= 15 is 0 Å². The predicted octanol–water partition coefficient (Wildman–Crippen LogP) is 1.72. The van der Waals surface area contributed by atoms with Crippen LogP contribution in [0.1, 0.15) is 31.4 Å². The summed E-state index contributed by atoms with van der Waals surface area (Å²) in [6.07, 6.45) is 5.57. The molecule has 1 N–H and O–H groups in total. The number of H-pyrrole nitrogens is 1. The molecule has 2 rings (SSSR count). The first-order chi connectivity index (χ1) is 4.88. The fourth-order valence-corrected chi connectivity index (χ4v) is 1.31. The van der Waals surface area contributed by atoms with Crippen molar-refractivity contribution in [2.75, 3.05) is 0 Å². The predicted molar refractivity (Wildman–Crippen MR) is 38.6 cm³/mol. The summed E-state index contributed by atoms with van der Waals surface area (Å²) in [5.74, 6) is 1.58. The maximum Gasteiger partial charge on any atom is 0.113 e. The Morgan fingerprint density at radius 1 is 1.80 bits per heavy atom. The lowest BCUT2D eigenvalue weighted by Crippen LogP contribution is -1.95. The van der Waals surface area contributed by atoms with E-state index < -0.39 is 0 Å². The van der Waals surface area contributed by atoms with Gasteiger partial charge in [0.15, 0.2) is 0 Å². The largest absolute Gasteiger partial charge is 0.282 e. The quantitative estimate of drug-likeness (QED) is 0.657. The molecule has 0 spiro atoms. The van der Waals surface area contributed by atoms with E-state index in [1.165, 1.54) is 18.5 Å². The molecular weight excluding hydrogens is 124 g/mol. The van der Waals surface area contributed by atoms with Gasteiger partial charge >= 0.3 is 0 Å². The van der Waals surface area contributed by atoms with E-state index in [1.807, 2.05) is 6.07 Å². The molecule has 2 heteroatoms. The Morgan fingerprint density at radius 3 is 3.10 bits per heavy atom. The molecule has 2 nitrogen and oxygen atoms in total. The average Bonchev–Trinajstić information content (AvgIpc) is 2.65. The van der Waals surface area contributed by atoms with E-state index in [2.05, 4.69) is 23.3 Å². The van der Waals surface area contributed by atoms with Gasteiger partial charge in [-0.2, -0.15) is 5.10 Å². The summed E-state index contributed by atoms with van der Waals surface area (Å²) in [4.78, 5) is 0. The van der Waals surface area contributed by atoms with Gasteiger partial charge in [0.2, 0.25) is 0 Å². The molecule has 1 saturated carbocycles. The van der Waals surface area contributed by atoms with Crippen molar-refractivity contribution in [1.82, 2.24) is 10.2 Å². The van der Waals surface area contributed by atoms with Gasteiger partial charge in [0, 0.05) is 11.6 Å². The maximum absolute atomic E-state index is 3.80. The van der Waals surface area contributed by atoms with E-state index in [0.717, 1.165) is 5.92 Å². The fourth-order valence-electron chi connectivity index (χ4n) is 1.31. The molecule has 1 fully saturated rings. The van der Waals surface area contributed by atoms with Gasteiger partial charge in [-0.15, -0.1) is 0 Å². The molecule has 0 bridgehead atoms. The molecule has 0 aliphatic heterocycles. The number of aromatic amines is 1. The maximum atomic E-state index is 3.80. The summed E-state index contributed by atoms with van der Waals surface area (Å²) >= 11 is 0. The third kappa shape index (κ3) is 0.939. The van der Waals surface area contributed by atoms with Crippen molar-refractivity contribution < 1.29 is 0 Å². The molecule has 0 aromatic carbocycles. The van der Waals surface area contributed by atoms with Crippen LogP contribution in [-0.2, 0) is 0 Å². The first-order valence-corrected chi connectivity index (χ1v) is 3.79. The molecule has 1 heterocycles. The Kier molecular flexibility index (Phi) is 1.26. The third-order valence-electron chi connectivity index (χ3n) is 2.29. The molecule has 10 heavy (non-hydrogen) atoms. The molecule has 1 atom stereocenters. The van der Waals surface area contributed by atoms with E-state index in [-0.39, 0.29) is 0 Å². The Hall–Kier alpha value is -0.790. The first-order valence-electron chi connectivity index (χ1n) is 3.79. The molecule has 0 saturated heterocycles. The number of nitrogens with one attached hydrogen (secondary N) is 1.